The van der Waals surface area contributed by atoms with Crippen LogP contribution in [0.1, 0.15) is 7.43 Å². The molecule has 0 rings (SSSR count). The third-order valence-corrected chi connectivity index (χ3v) is 0. The molecule has 0 amide bonds. The minimum absolute atomic E-state index is 0. The Morgan fingerprint density at radius 3 is 1.38 bits per heavy atom. The maximum absolute atomic E-state index is 8.59. The van der Waals surface area contributed by atoms with Gasteiger partial charge in [0.05, 0.1) is 0 Å². The van der Waals surface area contributed by atoms with Crippen LogP contribution in [0.5, 0.6) is 0 Å². The molecule has 4 nitrogen and oxygen atoms in total. The monoisotopic (exact) mass is 159 g/mol. The minimum atomic E-state index is -3.12. The molecule has 0 aromatic heterocycles. The zero-order chi connectivity index (χ0) is 3.58. The fraction of sp³-hybridized carbons (Fsp3) is 1.00. The SMILES string of the molecule is C.O=[P+]([O-])O.[Na+].[Na+].[OH-]. The van der Waals surface area contributed by atoms with Gasteiger partial charge in [0.1, 0.15) is 0 Å². The molecular weight excluding hydrogens is 153 g/mol. The van der Waals surface area contributed by atoms with E-state index >= 15 is 0 Å². The first-order valence-corrected chi connectivity index (χ1v) is 1.70. The van der Waals surface area contributed by atoms with E-state index < -0.39 is 8.25 Å². The van der Waals surface area contributed by atoms with Crippen LogP contribution in [0.2, 0.25) is 0 Å². The summed E-state index contributed by atoms with van der Waals surface area (Å²) in [6.45, 7) is 0. The van der Waals surface area contributed by atoms with Gasteiger partial charge in [-0.3, -0.25) is 0 Å². The summed E-state index contributed by atoms with van der Waals surface area (Å²) in [4.78, 5) is 15.6. The van der Waals surface area contributed by atoms with E-state index in [0.717, 1.165) is 0 Å². The normalized spacial score (nSPS) is 5.50. The van der Waals surface area contributed by atoms with E-state index in [1.807, 2.05) is 0 Å². The number of rotatable bonds is 0. The predicted molar refractivity (Wildman–Crippen MR) is 18.5 cm³/mol. The number of hydrogen-bond donors (Lipinski definition) is 1. The standard InChI is InChI=1S/CH4.2Na.HO3P.H2O/c;;;1-4(2)3;/h1H4;;;(H,1,2,3);1H2/q;2*+1;;/p-1. The van der Waals surface area contributed by atoms with Gasteiger partial charge in [-0.05, 0) is 4.57 Å². The molecule has 0 fully saturated rings. The molecule has 8 heavy (non-hydrogen) atoms. The second kappa shape index (κ2) is 23.1. The summed E-state index contributed by atoms with van der Waals surface area (Å²) in [7, 11) is -3.12. The molecule has 0 spiro atoms. The van der Waals surface area contributed by atoms with Crippen LogP contribution in [0.4, 0.5) is 0 Å². The fourth-order valence-corrected chi connectivity index (χ4v) is 0. The minimum Gasteiger partial charge on any atom is -0.870 e. The molecule has 1 atom stereocenters. The van der Waals surface area contributed by atoms with Crippen molar-refractivity contribution in [3.8, 4) is 0 Å². The van der Waals surface area contributed by atoms with Crippen LogP contribution in [0, 0.1) is 0 Å². The van der Waals surface area contributed by atoms with Crippen LogP contribution in [0.3, 0.4) is 0 Å². The molecule has 0 radical (unpaired) electrons. The van der Waals surface area contributed by atoms with Crippen LogP contribution >= 0.6 is 8.25 Å². The van der Waals surface area contributed by atoms with Gasteiger partial charge >= 0.3 is 67.4 Å². The van der Waals surface area contributed by atoms with Crippen molar-refractivity contribution in [2.24, 2.45) is 0 Å². The van der Waals surface area contributed by atoms with Crippen molar-refractivity contribution in [1.29, 1.82) is 0 Å². The summed E-state index contributed by atoms with van der Waals surface area (Å²) >= 11 is 0. The Labute approximate surface area is 93.5 Å². The van der Waals surface area contributed by atoms with Gasteiger partial charge in [-0.25, -0.2) is 0 Å². The molecular formula is CH6Na2O4P+. The molecule has 0 aliphatic rings. The molecule has 0 aliphatic carbocycles. The Bertz CT molecular complexity index is 37.0. The predicted octanol–water partition coefficient (Wildman–Crippen LogP) is -6.54. The molecule has 7 heteroatoms. The molecule has 0 heterocycles. The third-order valence-electron chi connectivity index (χ3n) is 0. The van der Waals surface area contributed by atoms with Crippen molar-refractivity contribution < 1.29 is 78.9 Å². The molecule has 0 saturated carbocycles. The Hall–Kier alpha value is 1.98. The van der Waals surface area contributed by atoms with E-state index in [0.29, 0.717) is 0 Å². The molecule has 40 valence electrons. The first kappa shape index (κ1) is 32.5. The number of hydrogen-bond acceptors (Lipinski definition) is 3. The summed E-state index contributed by atoms with van der Waals surface area (Å²) in [5.41, 5.74) is 0. The second-order valence-corrected chi connectivity index (χ2v) is 0.714. The molecule has 0 aromatic carbocycles. The van der Waals surface area contributed by atoms with Gasteiger partial charge < -0.3 is 10.4 Å². The van der Waals surface area contributed by atoms with Gasteiger partial charge in [-0.15, -0.1) is 0 Å². The van der Waals surface area contributed by atoms with E-state index in [-0.39, 0.29) is 72.0 Å². The van der Waals surface area contributed by atoms with Crippen molar-refractivity contribution in [3.05, 3.63) is 0 Å². The van der Waals surface area contributed by atoms with Crippen molar-refractivity contribution >= 4 is 8.25 Å². The van der Waals surface area contributed by atoms with E-state index in [4.69, 9.17) is 14.4 Å². The van der Waals surface area contributed by atoms with Crippen molar-refractivity contribution in [2.45, 2.75) is 7.43 Å². The molecule has 0 bridgehead atoms. The second-order valence-electron chi connectivity index (χ2n) is 0.238. The van der Waals surface area contributed by atoms with Crippen LogP contribution < -0.4 is 64.0 Å². The molecule has 1 unspecified atom stereocenters. The van der Waals surface area contributed by atoms with Gasteiger partial charge in [0, 0.05) is 0 Å². The Balaban J connectivity index is -0.00000000750. The van der Waals surface area contributed by atoms with E-state index in [9.17, 15) is 0 Å². The van der Waals surface area contributed by atoms with Crippen molar-refractivity contribution in [1.82, 2.24) is 0 Å². The summed E-state index contributed by atoms with van der Waals surface area (Å²) in [5.74, 6) is 0. The van der Waals surface area contributed by atoms with Gasteiger partial charge in [0.2, 0.25) is 0 Å². The average Bonchev–Trinajstić information content (AvgIpc) is 0.811. The molecule has 0 aromatic rings. The molecule has 2 N–H and O–H groups in total. The maximum Gasteiger partial charge on any atom is 1.00 e. The van der Waals surface area contributed by atoms with Crippen LogP contribution in [-0.2, 0) is 4.57 Å². The first-order chi connectivity index (χ1) is 1.73. The fourth-order valence-electron chi connectivity index (χ4n) is 0. The van der Waals surface area contributed by atoms with Gasteiger partial charge in [-0.2, -0.15) is 4.89 Å². The first-order valence-electron chi connectivity index (χ1n) is 0.565. The maximum atomic E-state index is 8.59. The Morgan fingerprint density at radius 1 is 1.38 bits per heavy atom. The Kier molecular flexibility index (Phi) is 93.5. The summed E-state index contributed by atoms with van der Waals surface area (Å²) < 4.78 is 8.59. The third kappa shape index (κ3) is 99.2. The van der Waals surface area contributed by atoms with Crippen molar-refractivity contribution in [3.63, 3.8) is 0 Å². The zero-order valence-corrected chi connectivity index (χ0v) is 9.05. The van der Waals surface area contributed by atoms with E-state index in [1.165, 1.54) is 0 Å². The average molecular weight is 159 g/mol. The largest absolute Gasteiger partial charge is 1.00 e. The van der Waals surface area contributed by atoms with Gasteiger partial charge in [0.25, 0.3) is 0 Å². The van der Waals surface area contributed by atoms with Crippen LogP contribution in [0.25, 0.3) is 0 Å². The van der Waals surface area contributed by atoms with Crippen LogP contribution in [-0.4, -0.2) is 10.4 Å². The zero-order valence-electron chi connectivity index (χ0n) is 4.16. The molecule has 0 aliphatic heterocycles. The van der Waals surface area contributed by atoms with Crippen molar-refractivity contribution in [2.75, 3.05) is 0 Å². The summed E-state index contributed by atoms with van der Waals surface area (Å²) in [5, 5.41) is 0. The van der Waals surface area contributed by atoms with Crippen LogP contribution in [0.15, 0.2) is 0 Å². The quantitative estimate of drug-likeness (QED) is 0.281. The van der Waals surface area contributed by atoms with E-state index in [2.05, 4.69) is 0 Å². The summed E-state index contributed by atoms with van der Waals surface area (Å²) in [6, 6.07) is 0. The summed E-state index contributed by atoms with van der Waals surface area (Å²) in [6.07, 6.45) is 0. The topological polar surface area (TPSA) is 90.4 Å². The van der Waals surface area contributed by atoms with E-state index in [1.54, 1.807) is 0 Å². The smallest absolute Gasteiger partial charge is 0.870 e. The molecule has 0 saturated heterocycles. The van der Waals surface area contributed by atoms with Gasteiger partial charge in [0.15, 0.2) is 0 Å². The van der Waals surface area contributed by atoms with Gasteiger partial charge in [-0.1, -0.05) is 7.43 Å². The Morgan fingerprint density at radius 2 is 1.38 bits per heavy atom.